The van der Waals surface area contributed by atoms with E-state index in [1.165, 1.54) is 21.9 Å². The lowest BCUT2D eigenvalue weighted by Crippen LogP contribution is -2.22. The fourth-order valence-electron chi connectivity index (χ4n) is 3.86. The SMILES string of the molecule is Cc1cccc(-n2c(SCC(=O)Nc3ccc(C)c(C)c3)nc3c(oc4ccccc43)c2=O)c1. The van der Waals surface area contributed by atoms with Crippen LogP contribution in [0.3, 0.4) is 0 Å². The number of furan rings is 1. The van der Waals surface area contributed by atoms with Crippen molar-refractivity contribution in [2.24, 2.45) is 0 Å². The van der Waals surface area contributed by atoms with Crippen LogP contribution >= 0.6 is 11.8 Å². The number of para-hydroxylation sites is 1. The molecule has 6 nitrogen and oxygen atoms in total. The lowest BCUT2D eigenvalue weighted by Gasteiger charge is -2.12. The maximum absolute atomic E-state index is 13.6. The maximum Gasteiger partial charge on any atom is 0.302 e. The largest absolute Gasteiger partial charge is 0.448 e. The minimum absolute atomic E-state index is 0.104. The first-order valence-electron chi connectivity index (χ1n) is 10.9. The monoisotopic (exact) mass is 469 g/mol. The van der Waals surface area contributed by atoms with E-state index in [0.717, 1.165) is 22.2 Å². The molecule has 0 radical (unpaired) electrons. The molecule has 0 fully saturated rings. The van der Waals surface area contributed by atoms with E-state index in [4.69, 9.17) is 9.40 Å². The molecule has 0 saturated carbocycles. The van der Waals surface area contributed by atoms with E-state index >= 15 is 0 Å². The third-order valence-corrected chi connectivity index (χ3v) is 6.69. The van der Waals surface area contributed by atoms with Crippen molar-refractivity contribution in [1.29, 1.82) is 0 Å². The number of nitrogens with zero attached hydrogens (tertiary/aromatic N) is 2. The van der Waals surface area contributed by atoms with E-state index in [1.54, 1.807) is 0 Å². The van der Waals surface area contributed by atoms with E-state index < -0.39 is 0 Å². The summed E-state index contributed by atoms with van der Waals surface area (Å²) >= 11 is 1.22. The topological polar surface area (TPSA) is 77.1 Å². The van der Waals surface area contributed by atoms with Crippen LogP contribution in [0.15, 0.2) is 81.1 Å². The van der Waals surface area contributed by atoms with Gasteiger partial charge in [-0.15, -0.1) is 0 Å². The van der Waals surface area contributed by atoms with Gasteiger partial charge in [-0.05, 0) is 73.9 Å². The van der Waals surface area contributed by atoms with Crippen molar-refractivity contribution in [3.63, 3.8) is 0 Å². The molecule has 0 saturated heterocycles. The summed E-state index contributed by atoms with van der Waals surface area (Å²) in [7, 11) is 0. The van der Waals surface area contributed by atoms with E-state index in [9.17, 15) is 9.59 Å². The van der Waals surface area contributed by atoms with Crippen LogP contribution in [0.2, 0.25) is 0 Å². The van der Waals surface area contributed by atoms with Crippen LogP contribution in [0.5, 0.6) is 0 Å². The number of carbonyl (C=O) groups excluding carboxylic acids is 1. The number of thioether (sulfide) groups is 1. The number of aromatic nitrogens is 2. The molecular formula is C27H23N3O3S. The number of anilines is 1. The molecule has 5 rings (SSSR count). The summed E-state index contributed by atoms with van der Waals surface area (Å²) in [6.45, 7) is 6.00. The highest BCUT2D eigenvalue weighted by Crippen LogP contribution is 2.28. The van der Waals surface area contributed by atoms with Gasteiger partial charge >= 0.3 is 5.56 Å². The number of rotatable bonds is 5. The fourth-order valence-corrected chi connectivity index (χ4v) is 4.67. The van der Waals surface area contributed by atoms with E-state index in [2.05, 4.69) is 5.32 Å². The maximum atomic E-state index is 13.6. The molecule has 0 spiro atoms. The molecule has 34 heavy (non-hydrogen) atoms. The molecule has 0 aliphatic heterocycles. The molecule has 1 amide bonds. The zero-order valence-corrected chi connectivity index (χ0v) is 19.9. The van der Waals surface area contributed by atoms with Gasteiger partial charge in [-0.1, -0.05) is 42.1 Å². The Labute approximate surface area is 200 Å². The highest BCUT2D eigenvalue weighted by molar-refractivity contribution is 7.99. The fraction of sp³-hybridized carbons (Fsp3) is 0.148. The standard InChI is InChI=1S/C27H23N3O3S/c1-16-7-6-8-20(13-16)30-26(32)25-24(21-9-4-5-10-22(21)33-25)29-27(30)34-15-23(31)28-19-12-11-17(2)18(3)14-19/h4-14H,15H2,1-3H3,(H,28,31). The number of carbonyl (C=O) groups is 1. The molecule has 0 unspecified atom stereocenters. The molecule has 1 N–H and O–H groups in total. The summed E-state index contributed by atoms with van der Waals surface area (Å²) in [6.07, 6.45) is 0. The van der Waals surface area contributed by atoms with Gasteiger partial charge in [0.05, 0.1) is 11.4 Å². The molecule has 2 aromatic heterocycles. The first-order valence-corrected chi connectivity index (χ1v) is 11.9. The number of hydrogen-bond acceptors (Lipinski definition) is 5. The predicted molar refractivity (Wildman–Crippen MR) is 137 cm³/mol. The molecule has 0 atom stereocenters. The first kappa shape index (κ1) is 22.0. The zero-order chi connectivity index (χ0) is 23.8. The Morgan fingerprint density at radius 2 is 1.82 bits per heavy atom. The van der Waals surface area contributed by atoms with Gasteiger partial charge in [-0.25, -0.2) is 4.98 Å². The average molecular weight is 470 g/mol. The van der Waals surface area contributed by atoms with E-state index in [-0.39, 0.29) is 22.8 Å². The second-order valence-corrected chi connectivity index (χ2v) is 9.23. The lowest BCUT2D eigenvalue weighted by atomic mass is 10.1. The number of nitrogens with one attached hydrogen (secondary N) is 1. The summed E-state index contributed by atoms with van der Waals surface area (Å²) in [6, 6.07) is 20.9. The zero-order valence-electron chi connectivity index (χ0n) is 19.1. The van der Waals surface area contributed by atoms with Crippen molar-refractivity contribution in [3.8, 4) is 5.69 Å². The summed E-state index contributed by atoms with van der Waals surface area (Å²) in [5.41, 5.74) is 5.71. The van der Waals surface area contributed by atoms with Gasteiger partial charge in [0, 0.05) is 11.1 Å². The number of benzene rings is 3. The summed E-state index contributed by atoms with van der Waals surface area (Å²) in [4.78, 5) is 31.1. The molecule has 0 aliphatic carbocycles. The molecule has 170 valence electrons. The number of amides is 1. The highest BCUT2D eigenvalue weighted by atomic mass is 32.2. The number of fused-ring (bicyclic) bond motifs is 3. The molecule has 7 heteroatoms. The van der Waals surface area contributed by atoms with Crippen LogP contribution < -0.4 is 10.9 Å². The number of hydrogen-bond donors (Lipinski definition) is 1. The van der Waals surface area contributed by atoms with Crippen molar-refractivity contribution in [2.75, 3.05) is 11.1 Å². The van der Waals surface area contributed by atoms with E-state index in [1.807, 2.05) is 87.5 Å². The van der Waals surface area contributed by atoms with Gasteiger partial charge in [-0.3, -0.25) is 14.2 Å². The van der Waals surface area contributed by atoms with Crippen molar-refractivity contribution >= 4 is 45.4 Å². The van der Waals surface area contributed by atoms with Crippen molar-refractivity contribution in [3.05, 3.63) is 93.8 Å². The van der Waals surface area contributed by atoms with Gasteiger partial charge in [0.2, 0.25) is 11.5 Å². The molecular weight excluding hydrogens is 446 g/mol. The van der Waals surface area contributed by atoms with Crippen molar-refractivity contribution in [2.45, 2.75) is 25.9 Å². The lowest BCUT2D eigenvalue weighted by molar-refractivity contribution is -0.113. The third kappa shape index (κ3) is 4.10. The third-order valence-electron chi connectivity index (χ3n) is 5.75. The van der Waals surface area contributed by atoms with Gasteiger partial charge < -0.3 is 9.73 Å². The van der Waals surface area contributed by atoms with Crippen molar-refractivity contribution < 1.29 is 9.21 Å². The molecule has 0 bridgehead atoms. The summed E-state index contributed by atoms with van der Waals surface area (Å²) < 4.78 is 7.39. The normalized spacial score (nSPS) is 11.3. The van der Waals surface area contributed by atoms with Gasteiger partial charge in [0.25, 0.3) is 0 Å². The minimum atomic E-state index is -0.302. The Morgan fingerprint density at radius 3 is 2.62 bits per heavy atom. The summed E-state index contributed by atoms with van der Waals surface area (Å²) in [5.74, 6) is -0.0672. The van der Waals surface area contributed by atoms with E-state index in [0.29, 0.717) is 21.9 Å². The number of aryl methyl sites for hydroxylation is 3. The molecule has 5 aromatic rings. The average Bonchev–Trinajstić information content (AvgIpc) is 3.19. The molecule has 3 aromatic carbocycles. The predicted octanol–water partition coefficient (Wildman–Crippen LogP) is 5.79. The minimum Gasteiger partial charge on any atom is -0.448 e. The van der Waals surface area contributed by atoms with Crippen LogP contribution in [0.4, 0.5) is 5.69 Å². The van der Waals surface area contributed by atoms with Crippen molar-refractivity contribution in [1.82, 2.24) is 9.55 Å². The molecule has 2 heterocycles. The smallest absolute Gasteiger partial charge is 0.302 e. The Bertz CT molecular complexity index is 1620. The molecule has 0 aliphatic rings. The second kappa shape index (κ2) is 8.83. The van der Waals surface area contributed by atoms with Crippen LogP contribution in [0.25, 0.3) is 27.8 Å². The summed E-state index contributed by atoms with van der Waals surface area (Å²) in [5, 5.41) is 4.14. The Kier molecular flexibility index (Phi) is 5.71. The van der Waals surface area contributed by atoms with Crippen LogP contribution in [0, 0.1) is 20.8 Å². The van der Waals surface area contributed by atoms with Crippen LogP contribution in [0.1, 0.15) is 16.7 Å². The highest BCUT2D eigenvalue weighted by Gasteiger charge is 2.20. The van der Waals surface area contributed by atoms with Gasteiger partial charge in [-0.2, -0.15) is 0 Å². The van der Waals surface area contributed by atoms with Gasteiger partial charge in [0.15, 0.2) is 5.16 Å². The Balaban J connectivity index is 1.54. The Morgan fingerprint density at radius 1 is 1.00 bits per heavy atom. The van der Waals surface area contributed by atoms with Crippen LogP contribution in [-0.4, -0.2) is 21.2 Å². The quantitative estimate of drug-likeness (QED) is 0.260. The van der Waals surface area contributed by atoms with Gasteiger partial charge in [0.1, 0.15) is 11.1 Å². The van der Waals surface area contributed by atoms with Crippen LogP contribution in [-0.2, 0) is 4.79 Å². The first-order chi connectivity index (χ1) is 16.4. The Hall–Kier alpha value is -3.84. The second-order valence-electron chi connectivity index (χ2n) is 8.29.